The van der Waals surface area contributed by atoms with Gasteiger partial charge in [-0.2, -0.15) is 0 Å². The predicted molar refractivity (Wildman–Crippen MR) is 109 cm³/mol. The highest BCUT2D eigenvalue weighted by atomic mass is 32.1. The third-order valence-corrected chi connectivity index (χ3v) is 5.48. The van der Waals surface area contributed by atoms with E-state index >= 15 is 0 Å². The monoisotopic (exact) mass is 387 g/mol. The molecule has 1 aromatic carbocycles. The standard InChI is InChI=1S/C21H26FN3OS/c1-3-5-6-12-24(21(26)19-8-7-13-27-19)15-20-23-17-10-9-16(22)14-18(17)25(20)11-4-2/h7-10,13-14H,3-6,11-12,15H2,1-2H3. The molecular weight excluding hydrogens is 361 g/mol. The molecule has 0 aliphatic heterocycles. The van der Waals surface area contributed by atoms with E-state index in [0.29, 0.717) is 13.1 Å². The Labute approximate surface area is 163 Å². The minimum Gasteiger partial charge on any atom is -0.330 e. The number of unbranched alkanes of at least 4 members (excludes halogenated alkanes) is 2. The zero-order valence-electron chi connectivity index (χ0n) is 15.9. The van der Waals surface area contributed by atoms with Crippen LogP contribution in [-0.2, 0) is 13.1 Å². The van der Waals surface area contributed by atoms with Gasteiger partial charge in [0.25, 0.3) is 5.91 Å². The van der Waals surface area contributed by atoms with Crippen molar-refractivity contribution >= 4 is 28.3 Å². The number of aryl methyl sites for hydroxylation is 1. The first-order chi connectivity index (χ1) is 13.1. The molecule has 2 heterocycles. The smallest absolute Gasteiger partial charge is 0.264 e. The molecule has 0 N–H and O–H groups in total. The Morgan fingerprint density at radius 1 is 1.22 bits per heavy atom. The van der Waals surface area contributed by atoms with Gasteiger partial charge in [-0.1, -0.05) is 32.8 Å². The lowest BCUT2D eigenvalue weighted by atomic mass is 10.2. The van der Waals surface area contributed by atoms with Gasteiger partial charge in [-0.3, -0.25) is 4.79 Å². The highest BCUT2D eigenvalue weighted by Gasteiger charge is 2.20. The summed E-state index contributed by atoms with van der Waals surface area (Å²) in [6.07, 6.45) is 4.08. The molecule has 0 radical (unpaired) electrons. The summed E-state index contributed by atoms with van der Waals surface area (Å²) in [6, 6.07) is 8.44. The number of benzene rings is 1. The summed E-state index contributed by atoms with van der Waals surface area (Å²) in [4.78, 5) is 20.3. The minimum atomic E-state index is -0.263. The summed E-state index contributed by atoms with van der Waals surface area (Å²) in [5, 5.41) is 1.92. The lowest BCUT2D eigenvalue weighted by molar-refractivity contribution is 0.0739. The Balaban J connectivity index is 1.92. The van der Waals surface area contributed by atoms with Gasteiger partial charge < -0.3 is 9.47 Å². The van der Waals surface area contributed by atoms with Crippen molar-refractivity contribution in [2.45, 2.75) is 52.6 Å². The lowest BCUT2D eigenvalue weighted by Gasteiger charge is -2.22. The first kappa shape index (κ1) is 19.5. The van der Waals surface area contributed by atoms with Crippen molar-refractivity contribution < 1.29 is 9.18 Å². The van der Waals surface area contributed by atoms with Crippen LogP contribution in [0, 0.1) is 5.82 Å². The molecule has 0 spiro atoms. The fourth-order valence-corrected chi connectivity index (χ4v) is 3.96. The Hall–Kier alpha value is -2.21. The Kier molecular flexibility index (Phi) is 6.61. The first-order valence-electron chi connectivity index (χ1n) is 9.61. The van der Waals surface area contributed by atoms with Gasteiger partial charge in [-0.15, -0.1) is 11.3 Å². The van der Waals surface area contributed by atoms with Gasteiger partial charge in [0, 0.05) is 13.1 Å². The number of carbonyl (C=O) groups is 1. The zero-order valence-corrected chi connectivity index (χ0v) is 16.8. The topological polar surface area (TPSA) is 38.1 Å². The van der Waals surface area contributed by atoms with Gasteiger partial charge in [0.2, 0.25) is 0 Å². The van der Waals surface area contributed by atoms with Crippen LogP contribution in [0.5, 0.6) is 0 Å². The number of fused-ring (bicyclic) bond motifs is 1. The first-order valence-corrected chi connectivity index (χ1v) is 10.5. The number of rotatable bonds is 9. The third kappa shape index (κ3) is 4.56. The van der Waals surface area contributed by atoms with Crippen molar-refractivity contribution in [2.24, 2.45) is 0 Å². The molecule has 144 valence electrons. The minimum absolute atomic E-state index is 0.0439. The van der Waals surface area contributed by atoms with Gasteiger partial charge in [0.1, 0.15) is 11.6 Å². The molecule has 4 nitrogen and oxygen atoms in total. The SMILES string of the molecule is CCCCCN(Cc1nc2ccc(F)cc2n1CCC)C(=O)c1cccs1. The van der Waals surface area contributed by atoms with Crippen LogP contribution in [0.1, 0.15) is 55.0 Å². The summed E-state index contributed by atoms with van der Waals surface area (Å²) in [5.41, 5.74) is 1.57. The second-order valence-electron chi connectivity index (χ2n) is 6.72. The number of hydrogen-bond donors (Lipinski definition) is 0. The number of nitrogens with zero attached hydrogens (tertiary/aromatic N) is 3. The van der Waals surface area contributed by atoms with Gasteiger partial charge in [0.05, 0.1) is 22.5 Å². The lowest BCUT2D eigenvalue weighted by Crippen LogP contribution is -2.32. The van der Waals surface area contributed by atoms with Crippen LogP contribution >= 0.6 is 11.3 Å². The normalized spacial score (nSPS) is 11.2. The quantitative estimate of drug-likeness (QED) is 0.456. The number of aromatic nitrogens is 2. The second kappa shape index (κ2) is 9.13. The number of hydrogen-bond acceptors (Lipinski definition) is 3. The number of amides is 1. The largest absolute Gasteiger partial charge is 0.330 e. The van der Waals surface area contributed by atoms with Gasteiger partial charge in [-0.25, -0.2) is 9.37 Å². The van der Waals surface area contributed by atoms with Gasteiger partial charge >= 0.3 is 0 Å². The van der Waals surface area contributed by atoms with E-state index in [4.69, 9.17) is 4.98 Å². The van der Waals surface area contributed by atoms with Gasteiger partial charge in [-0.05, 0) is 42.5 Å². The fraction of sp³-hybridized carbons (Fsp3) is 0.429. The van der Waals surface area contributed by atoms with E-state index in [1.807, 2.05) is 27.0 Å². The fourth-order valence-electron chi connectivity index (χ4n) is 3.27. The van der Waals surface area contributed by atoms with Crippen LogP contribution in [0.3, 0.4) is 0 Å². The number of thiophene rings is 1. The maximum Gasteiger partial charge on any atom is 0.264 e. The molecule has 0 aliphatic carbocycles. The van der Waals surface area contributed by atoms with Crippen LogP contribution in [-0.4, -0.2) is 26.9 Å². The molecule has 0 saturated heterocycles. The van der Waals surface area contributed by atoms with Crippen molar-refractivity contribution in [1.82, 2.24) is 14.5 Å². The summed E-state index contributed by atoms with van der Waals surface area (Å²) < 4.78 is 15.8. The molecular formula is C21H26FN3OS. The maximum atomic E-state index is 13.7. The molecule has 27 heavy (non-hydrogen) atoms. The van der Waals surface area contributed by atoms with Crippen LogP contribution < -0.4 is 0 Å². The van der Waals surface area contributed by atoms with E-state index in [9.17, 15) is 9.18 Å². The number of imidazole rings is 1. The van der Waals surface area contributed by atoms with Crippen LogP contribution in [0.2, 0.25) is 0 Å². The maximum absolute atomic E-state index is 13.7. The Bertz CT molecular complexity index is 888. The molecule has 6 heteroatoms. The van der Waals surface area contributed by atoms with E-state index in [-0.39, 0.29) is 11.7 Å². The van der Waals surface area contributed by atoms with E-state index in [2.05, 4.69) is 13.8 Å². The van der Waals surface area contributed by atoms with E-state index in [0.717, 1.165) is 54.0 Å². The van der Waals surface area contributed by atoms with Crippen LogP contribution in [0.4, 0.5) is 4.39 Å². The van der Waals surface area contributed by atoms with Crippen molar-refractivity contribution in [3.05, 3.63) is 52.2 Å². The number of halogens is 1. The van der Waals surface area contributed by atoms with Crippen molar-refractivity contribution in [3.8, 4) is 0 Å². The summed E-state index contributed by atoms with van der Waals surface area (Å²) >= 11 is 1.46. The molecule has 1 amide bonds. The van der Waals surface area contributed by atoms with Crippen molar-refractivity contribution in [1.29, 1.82) is 0 Å². The Morgan fingerprint density at radius 2 is 2.07 bits per heavy atom. The second-order valence-corrected chi connectivity index (χ2v) is 7.67. The van der Waals surface area contributed by atoms with E-state index in [1.54, 1.807) is 6.07 Å². The molecule has 0 bridgehead atoms. The summed E-state index contributed by atoms with van der Waals surface area (Å²) in [7, 11) is 0. The van der Waals surface area contributed by atoms with Gasteiger partial charge in [0.15, 0.2) is 0 Å². The molecule has 0 aliphatic rings. The highest BCUT2D eigenvalue weighted by Crippen LogP contribution is 2.21. The third-order valence-electron chi connectivity index (χ3n) is 4.62. The molecule has 2 aromatic heterocycles. The molecule has 0 unspecified atom stereocenters. The molecule has 3 aromatic rings. The Morgan fingerprint density at radius 3 is 2.78 bits per heavy atom. The average Bonchev–Trinajstić information content (AvgIpc) is 3.30. The zero-order chi connectivity index (χ0) is 19.2. The highest BCUT2D eigenvalue weighted by molar-refractivity contribution is 7.12. The van der Waals surface area contributed by atoms with Crippen LogP contribution in [0.15, 0.2) is 35.7 Å². The van der Waals surface area contributed by atoms with Crippen LogP contribution in [0.25, 0.3) is 11.0 Å². The molecule has 3 rings (SSSR count). The summed E-state index contributed by atoms with van der Waals surface area (Å²) in [6.45, 7) is 6.14. The average molecular weight is 388 g/mol. The predicted octanol–water partition coefficient (Wildman–Crippen LogP) is 5.48. The molecule has 0 saturated carbocycles. The van der Waals surface area contributed by atoms with Crippen molar-refractivity contribution in [2.75, 3.05) is 6.54 Å². The van der Waals surface area contributed by atoms with E-state index in [1.165, 1.54) is 23.5 Å². The number of carbonyl (C=O) groups excluding carboxylic acids is 1. The van der Waals surface area contributed by atoms with E-state index < -0.39 is 0 Å². The van der Waals surface area contributed by atoms with Crippen molar-refractivity contribution in [3.63, 3.8) is 0 Å². The molecule has 0 fully saturated rings. The molecule has 0 atom stereocenters. The summed E-state index contributed by atoms with van der Waals surface area (Å²) in [5.74, 6) is 0.599.